The van der Waals surface area contributed by atoms with E-state index in [0.717, 1.165) is 23.0 Å². The van der Waals surface area contributed by atoms with Gasteiger partial charge >= 0.3 is 5.97 Å². The van der Waals surface area contributed by atoms with Gasteiger partial charge in [0, 0.05) is 16.6 Å². The van der Waals surface area contributed by atoms with Crippen LogP contribution in [0.3, 0.4) is 0 Å². The number of aryl methyl sites for hydroxylation is 1. The maximum Gasteiger partial charge on any atom is 0.338 e. The standard InChI is InChI=1S/C21H21NO4/c1-3-14-5-10-19-18(11-14)16(13-26-19)12-20(23)22-17-8-6-15(7-9-17)21(24)25-4-2/h5-11,13H,3-4,12H2,1-2H3,(H,22,23). The number of hydrogen-bond donors (Lipinski definition) is 1. The third-order valence-electron chi connectivity index (χ3n) is 4.16. The molecule has 26 heavy (non-hydrogen) atoms. The minimum Gasteiger partial charge on any atom is -0.464 e. The second kappa shape index (κ2) is 7.87. The Bertz CT molecular complexity index is 925. The van der Waals surface area contributed by atoms with E-state index in [-0.39, 0.29) is 18.3 Å². The number of rotatable bonds is 6. The van der Waals surface area contributed by atoms with Crippen LogP contribution in [-0.2, 0) is 22.4 Å². The smallest absolute Gasteiger partial charge is 0.338 e. The fourth-order valence-corrected chi connectivity index (χ4v) is 2.77. The summed E-state index contributed by atoms with van der Waals surface area (Å²) in [6, 6.07) is 12.7. The van der Waals surface area contributed by atoms with Gasteiger partial charge < -0.3 is 14.5 Å². The van der Waals surface area contributed by atoms with Crippen molar-refractivity contribution in [2.75, 3.05) is 11.9 Å². The Kier molecular flexibility index (Phi) is 5.37. The van der Waals surface area contributed by atoms with Crippen LogP contribution in [0.15, 0.2) is 53.1 Å². The molecule has 3 rings (SSSR count). The van der Waals surface area contributed by atoms with Crippen LogP contribution in [0.4, 0.5) is 5.69 Å². The van der Waals surface area contributed by atoms with Gasteiger partial charge in [0.2, 0.25) is 5.91 Å². The summed E-state index contributed by atoms with van der Waals surface area (Å²) < 4.78 is 10.5. The van der Waals surface area contributed by atoms with Crippen LogP contribution in [0, 0.1) is 0 Å². The molecule has 0 aliphatic rings. The van der Waals surface area contributed by atoms with Crippen molar-refractivity contribution in [3.63, 3.8) is 0 Å². The number of carbonyl (C=O) groups is 2. The average Bonchev–Trinajstić information content (AvgIpc) is 3.04. The normalized spacial score (nSPS) is 10.7. The van der Waals surface area contributed by atoms with Crippen molar-refractivity contribution in [2.24, 2.45) is 0 Å². The lowest BCUT2D eigenvalue weighted by Gasteiger charge is -2.06. The molecule has 0 aliphatic carbocycles. The van der Waals surface area contributed by atoms with E-state index in [4.69, 9.17) is 9.15 Å². The lowest BCUT2D eigenvalue weighted by Crippen LogP contribution is -2.14. The Morgan fingerprint density at radius 3 is 2.54 bits per heavy atom. The van der Waals surface area contributed by atoms with Crippen LogP contribution in [0.5, 0.6) is 0 Å². The number of fused-ring (bicyclic) bond motifs is 1. The maximum absolute atomic E-state index is 12.4. The first kappa shape index (κ1) is 17.7. The molecular formula is C21H21NO4. The van der Waals surface area contributed by atoms with Crippen LogP contribution in [-0.4, -0.2) is 18.5 Å². The number of benzene rings is 2. The molecule has 1 amide bonds. The zero-order valence-electron chi connectivity index (χ0n) is 14.9. The molecule has 1 aromatic heterocycles. The lowest BCUT2D eigenvalue weighted by molar-refractivity contribution is -0.115. The second-order valence-electron chi connectivity index (χ2n) is 5.97. The summed E-state index contributed by atoms with van der Waals surface area (Å²) in [6.45, 7) is 4.18. The van der Waals surface area contributed by atoms with Gasteiger partial charge in [-0.05, 0) is 55.3 Å². The number of carbonyl (C=O) groups excluding carboxylic acids is 2. The van der Waals surface area contributed by atoms with Crippen molar-refractivity contribution in [1.82, 2.24) is 0 Å². The third kappa shape index (κ3) is 3.94. The van der Waals surface area contributed by atoms with Crippen molar-refractivity contribution < 1.29 is 18.7 Å². The molecule has 3 aromatic rings. The predicted molar refractivity (Wildman–Crippen MR) is 100 cm³/mol. The fourth-order valence-electron chi connectivity index (χ4n) is 2.77. The average molecular weight is 351 g/mol. The predicted octanol–water partition coefficient (Wildman–Crippen LogP) is 4.35. The van der Waals surface area contributed by atoms with Gasteiger partial charge in [0.1, 0.15) is 5.58 Å². The quantitative estimate of drug-likeness (QED) is 0.670. The summed E-state index contributed by atoms with van der Waals surface area (Å²) in [5, 5.41) is 3.81. The summed E-state index contributed by atoms with van der Waals surface area (Å²) >= 11 is 0. The van der Waals surface area contributed by atoms with E-state index in [1.54, 1.807) is 37.5 Å². The number of ether oxygens (including phenoxy) is 1. The minimum atomic E-state index is -0.373. The highest BCUT2D eigenvalue weighted by molar-refractivity contribution is 5.96. The van der Waals surface area contributed by atoms with Crippen molar-refractivity contribution in [1.29, 1.82) is 0 Å². The van der Waals surface area contributed by atoms with Gasteiger partial charge in [0.25, 0.3) is 0 Å². The van der Waals surface area contributed by atoms with E-state index >= 15 is 0 Å². The zero-order chi connectivity index (χ0) is 18.5. The summed E-state index contributed by atoms with van der Waals surface area (Å²) in [5.41, 5.74) is 3.93. The van der Waals surface area contributed by atoms with Crippen molar-refractivity contribution in [3.8, 4) is 0 Å². The first-order valence-corrected chi connectivity index (χ1v) is 8.66. The molecule has 0 saturated heterocycles. The van der Waals surface area contributed by atoms with Crippen LogP contribution < -0.4 is 5.32 Å². The van der Waals surface area contributed by atoms with E-state index in [1.807, 2.05) is 12.1 Å². The molecule has 1 heterocycles. The number of amides is 1. The van der Waals surface area contributed by atoms with Gasteiger partial charge in [0.15, 0.2) is 0 Å². The molecule has 0 atom stereocenters. The molecule has 0 saturated carbocycles. The Morgan fingerprint density at radius 2 is 1.85 bits per heavy atom. The van der Waals surface area contributed by atoms with Crippen LogP contribution in [0.2, 0.25) is 0 Å². The Labute approximate surface area is 152 Å². The third-order valence-corrected chi connectivity index (χ3v) is 4.16. The van der Waals surface area contributed by atoms with Crippen LogP contribution in [0.1, 0.15) is 35.3 Å². The van der Waals surface area contributed by atoms with E-state index < -0.39 is 0 Å². The number of anilines is 1. The molecule has 0 radical (unpaired) electrons. The summed E-state index contributed by atoms with van der Waals surface area (Å²) in [5.74, 6) is -0.513. The highest BCUT2D eigenvalue weighted by atomic mass is 16.5. The highest BCUT2D eigenvalue weighted by Gasteiger charge is 2.12. The fraction of sp³-hybridized carbons (Fsp3) is 0.238. The number of esters is 1. The molecule has 0 bridgehead atoms. The van der Waals surface area contributed by atoms with Gasteiger partial charge in [-0.3, -0.25) is 4.79 Å². The molecule has 1 N–H and O–H groups in total. The first-order valence-electron chi connectivity index (χ1n) is 8.66. The molecule has 134 valence electrons. The van der Waals surface area contributed by atoms with E-state index in [2.05, 4.69) is 18.3 Å². The number of hydrogen-bond acceptors (Lipinski definition) is 4. The summed E-state index contributed by atoms with van der Waals surface area (Å²) in [4.78, 5) is 24.0. The minimum absolute atomic E-state index is 0.140. The monoisotopic (exact) mass is 351 g/mol. The van der Waals surface area contributed by atoms with E-state index in [0.29, 0.717) is 17.9 Å². The first-order chi connectivity index (χ1) is 12.6. The van der Waals surface area contributed by atoms with Gasteiger partial charge in [-0.1, -0.05) is 13.0 Å². The topological polar surface area (TPSA) is 68.5 Å². The molecule has 5 nitrogen and oxygen atoms in total. The van der Waals surface area contributed by atoms with Crippen molar-refractivity contribution >= 4 is 28.5 Å². The Hall–Kier alpha value is -3.08. The molecule has 0 fully saturated rings. The zero-order valence-corrected chi connectivity index (χ0v) is 14.9. The molecule has 5 heteroatoms. The van der Waals surface area contributed by atoms with Crippen molar-refractivity contribution in [2.45, 2.75) is 26.7 Å². The SMILES string of the molecule is CCOC(=O)c1ccc(NC(=O)Cc2coc3ccc(CC)cc23)cc1. The van der Waals surface area contributed by atoms with E-state index in [1.165, 1.54) is 5.56 Å². The van der Waals surface area contributed by atoms with Gasteiger partial charge in [0.05, 0.1) is 24.9 Å². The van der Waals surface area contributed by atoms with Crippen LogP contribution in [0.25, 0.3) is 11.0 Å². The number of furan rings is 1. The van der Waals surface area contributed by atoms with Crippen LogP contribution >= 0.6 is 0 Å². The number of nitrogens with one attached hydrogen (secondary N) is 1. The Balaban J connectivity index is 1.68. The molecule has 0 aliphatic heterocycles. The molecule has 0 unspecified atom stereocenters. The van der Waals surface area contributed by atoms with E-state index in [9.17, 15) is 9.59 Å². The van der Waals surface area contributed by atoms with Gasteiger partial charge in [-0.15, -0.1) is 0 Å². The van der Waals surface area contributed by atoms with Gasteiger partial charge in [-0.25, -0.2) is 4.79 Å². The second-order valence-corrected chi connectivity index (χ2v) is 5.97. The summed E-state index contributed by atoms with van der Waals surface area (Å²) in [7, 11) is 0. The van der Waals surface area contributed by atoms with Gasteiger partial charge in [-0.2, -0.15) is 0 Å². The maximum atomic E-state index is 12.4. The molecule has 0 spiro atoms. The molecular weight excluding hydrogens is 330 g/mol. The lowest BCUT2D eigenvalue weighted by atomic mass is 10.1. The highest BCUT2D eigenvalue weighted by Crippen LogP contribution is 2.23. The largest absolute Gasteiger partial charge is 0.464 e. The van der Waals surface area contributed by atoms with Crippen molar-refractivity contribution in [3.05, 3.63) is 65.4 Å². The summed E-state index contributed by atoms with van der Waals surface area (Å²) in [6.07, 6.45) is 2.78. The Morgan fingerprint density at radius 1 is 1.08 bits per heavy atom. The molecule has 2 aromatic carbocycles.